The van der Waals surface area contributed by atoms with Crippen LogP contribution < -0.4 is 5.73 Å². The molecule has 0 unspecified atom stereocenters. The highest BCUT2D eigenvalue weighted by Crippen LogP contribution is 2.27. The van der Waals surface area contributed by atoms with Gasteiger partial charge in [-0.3, -0.25) is 0 Å². The van der Waals surface area contributed by atoms with Crippen molar-refractivity contribution < 1.29 is 8.78 Å². The molecule has 0 saturated heterocycles. The van der Waals surface area contributed by atoms with Crippen molar-refractivity contribution in [1.29, 1.82) is 0 Å². The van der Waals surface area contributed by atoms with Crippen LogP contribution in [0.15, 0.2) is 18.2 Å². The van der Waals surface area contributed by atoms with Crippen molar-refractivity contribution in [1.82, 2.24) is 0 Å². The van der Waals surface area contributed by atoms with E-state index < -0.39 is 11.8 Å². The molecular weight excluding hydrogens is 219 g/mol. The molecule has 0 amide bonds. The Bertz CT molecular complexity index is 310. The van der Waals surface area contributed by atoms with Gasteiger partial charge in [0, 0.05) is 0 Å². The van der Waals surface area contributed by atoms with Crippen LogP contribution in [0.5, 0.6) is 0 Å². The van der Waals surface area contributed by atoms with Gasteiger partial charge in [-0.05, 0) is 29.3 Å². The molecule has 0 bridgehead atoms. The molecule has 5 heteroatoms. The first-order valence-electron chi connectivity index (χ1n) is 3.49. The van der Waals surface area contributed by atoms with Gasteiger partial charge in [-0.1, -0.05) is 17.7 Å². The Kier molecular flexibility index (Phi) is 2.98. The van der Waals surface area contributed by atoms with Crippen LogP contribution >= 0.6 is 23.2 Å². The summed E-state index contributed by atoms with van der Waals surface area (Å²) in [5.74, 6) is 0. The monoisotopic (exact) mass is 225 g/mol. The average molecular weight is 226 g/mol. The predicted octanol–water partition coefficient (Wildman–Crippen LogP) is 3.30. The van der Waals surface area contributed by atoms with Gasteiger partial charge in [-0.2, -0.15) is 8.78 Å². The fourth-order valence-electron chi connectivity index (χ4n) is 0.912. The third-order valence-corrected chi connectivity index (χ3v) is 1.93. The predicted molar refractivity (Wildman–Crippen MR) is 50.4 cm³/mol. The van der Waals surface area contributed by atoms with Crippen LogP contribution in [-0.2, 0) is 6.42 Å². The Morgan fingerprint density at radius 3 is 2.46 bits per heavy atom. The van der Waals surface area contributed by atoms with Gasteiger partial charge in [-0.15, -0.1) is 0 Å². The molecule has 0 aliphatic carbocycles. The highest BCUT2D eigenvalue weighted by atomic mass is 35.5. The van der Waals surface area contributed by atoms with Gasteiger partial charge < -0.3 is 5.73 Å². The first-order chi connectivity index (χ1) is 5.88. The number of anilines is 1. The Morgan fingerprint density at radius 1 is 1.38 bits per heavy atom. The zero-order valence-electron chi connectivity index (χ0n) is 6.53. The minimum Gasteiger partial charge on any atom is -0.398 e. The summed E-state index contributed by atoms with van der Waals surface area (Å²) in [7, 11) is 0. The molecule has 0 atom stereocenters. The molecule has 0 fully saturated rings. The maximum absolute atomic E-state index is 12.3. The number of halogens is 4. The van der Waals surface area contributed by atoms with Crippen LogP contribution in [-0.4, -0.2) is 5.38 Å². The lowest BCUT2D eigenvalue weighted by molar-refractivity contribution is 0.0970. The summed E-state index contributed by atoms with van der Waals surface area (Å²) < 4.78 is 24.7. The third kappa shape index (κ3) is 3.36. The molecule has 1 aromatic carbocycles. The first-order valence-corrected chi connectivity index (χ1v) is 4.25. The molecule has 0 aliphatic heterocycles. The molecule has 0 saturated carbocycles. The molecule has 0 spiro atoms. The normalized spacial score (nSPS) is 11.7. The quantitative estimate of drug-likeness (QED) is 0.607. The zero-order chi connectivity index (χ0) is 10.1. The third-order valence-electron chi connectivity index (χ3n) is 1.47. The van der Waals surface area contributed by atoms with Crippen LogP contribution in [0.3, 0.4) is 0 Å². The molecule has 0 radical (unpaired) electrons. The van der Waals surface area contributed by atoms with Crippen LogP contribution in [0.4, 0.5) is 14.5 Å². The number of nitrogens with two attached hydrogens (primary N) is 1. The van der Waals surface area contributed by atoms with E-state index in [1.165, 1.54) is 18.2 Å². The molecule has 0 aromatic heterocycles. The van der Waals surface area contributed by atoms with Crippen molar-refractivity contribution in [3.63, 3.8) is 0 Å². The molecule has 2 N–H and O–H groups in total. The fourth-order valence-corrected chi connectivity index (χ4v) is 1.27. The van der Waals surface area contributed by atoms with Crippen LogP contribution in [0.1, 0.15) is 5.56 Å². The van der Waals surface area contributed by atoms with E-state index in [1.54, 1.807) is 0 Å². The van der Waals surface area contributed by atoms with Crippen molar-refractivity contribution in [2.45, 2.75) is 11.8 Å². The van der Waals surface area contributed by atoms with E-state index in [9.17, 15) is 8.78 Å². The maximum atomic E-state index is 12.3. The van der Waals surface area contributed by atoms with Gasteiger partial charge >= 0.3 is 5.38 Å². The maximum Gasteiger partial charge on any atom is 0.325 e. The van der Waals surface area contributed by atoms with Gasteiger partial charge in [0.15, 0.2) is 0 Å². The molecule has 1 aromatic rings. The van der Waals surface area contributed by atoms with Gasteiger partial charge in [0.25, 0.3) is 0 Å². The van der Waals surface area contributed by atoms with E-state index in [0.29, 0.717) is 11.3 Å². The molecule has 13 heavy (non-hydrogen) atoms. The fraction of sp³-hybridized carbons (Fsp3) is 0.250. The lowest BCUT2D eigenvalue weighted by Crippen LogP contribution is -2.09. The van der Waals surface area contributed by atoms with Crippen molar-refractivity contribution in [3.8, 4) is 0 Å². The molecule has 1 nitrogen and oxygen atoms in total. The molecule has 72 valence electrons. The van der Waals surface area contributed by atoms with Gasteiger partial charge in [0.1, 0.15) is 0 Å². The lowest BCUT2D eigenvalue weighted by Gasteiger charge is -2.08. The number of benzene rings is 1. The van der Waals surface area contributed by atoms with Crippen molar-refractivity contribution in [2.24, 2.45) is 0 Å². The Morgan fingerprint density at radius 2 is 2.00 bits per heavy atom. The Labute approximate surface area is 84.4 Å². The summed E-state index contributed by atoms with van der Waals surface area (Å²) in [6, 6.07) is 4.32. The molecule has 1 rings (SSSR count). The van der Waals surface area contributed by atoms with Gasteiger partial charge in [-0.25, -0.2) is 0 Å². The highest BCUT2D eigenvalue weighted by Gasteiger charge is 2.24. The Hall–Kier alpha value is -0.540. The van der Waals surface area contributed by atoms with E-state index >= 15 is 0 Å². The SMILES string of the molecule is Nc1ccc(CC(F)(F)Cl)cc1Cl. The second-order valence-electron chi connectivity index (χ2n) is 2.65. The van der Waals surface area contributed by atoms with Gasteiger partial charge in [0.2, 0.25) is 0 Å². The summed E-state index contributed by atoms with van der Waals surface area (Å²) >= 11 is 10.4. The average Bonchev–Trinajstić information content (AvgIpc) is 1.94. The zero-order valence-corrected chi connectivity index (χ0v) is 8.04. The molecule has 0 heterocycles. The van der Waals surface area contributed by atoms with E-state index in [2.05, 4.69) is 0 Å². The highest BCUT2D eigenvalue weighted by molar-refractivity contribution is 6.33. The lowest BCUT2D eigenvalue weighted by atomic mass is 10.1. The minimum absolute atomic E-state index is 0.262. The summed E-state index contributed by atoms with van der Waals surface area (Å²) in [4.78, 5) is 0. The number of hydrogen-bond acceptors (Lipinski definition) is 1. The van der Waals surface area contributed by atoms with Crippen LogP contribution in [0.25, 0.3) is 0 Å². The largest absolute Gasteiger partial charge is 0.398 e. The summed E-state index contributed by atoms with van der Waals surface area (Å²) in [5, 5.41) is -2.97. The van der Waals surface area contributed by atoms with Crippen molar-refractivity contribution in [3.05, 3.63) is 28.8 Å². The Balaban J connectivity index is 2.86. The van der Waals surface area contributed by atoms with E-state index in [1.807, 2.05) is 0 Å². The second-order valence-corrected chi connectivity index (χ2v) is 3.61. The van der Waals surface area contributed by atoms with E-state index in [-0.39, 0.29) is 5.02 Å². The van der Waals surface area contributed by atoms with Crippen molar-refractivity contribution in [2.75, 3.05) is 5.73 Å². The number of rotatable bonds is 2. The standard InChI is InChI=1S/C8H7Cl2F2N/c9-6-3-5(1-2-7(6)13)4-8(10,11)12/h1-3H,4,13H2. The molecule has 0 aliphatic rings. The topological polar surface area (TPSA) is 26.0 Å². The number of alkyl halides is 3. The van der Waals surface area contributed by atoms with E-state index in [0.717, 1.165) is 0 Å². The first kappa shape index (κ1) is 10.5. The van der Waals surface area contributed by atoms with Crippen molar-refractivity contribution >= 4 is 28.9 Å². The molecular formula is C8H7Cl2F2N. The van der Waals surface area contributed by atoms with Crippen LogP contribution in [0.2, 0.25) is 5.02 Å². The van der Waals surface area contributed by atoms with E-state index in [4.69, 9.17) is 28.9 Å². The number of hydrogen-bond donors (Lipinski definition) is 1. The van der Waals surface area contributed by atoms with Gasteiger partial charge in [0.05, 0.1) is 17.1 Å². The second kappa shape index (κ2) is 3.68. The van der Waals surface area contributed by atoms with Crippen LogP contribution in [0, 0.1) is 0 Å². The smallest absolute Gasteiger partial charge is 0.325 e. The number of nitrogen functional groups attached to an aromatic ring is 1. The summed E-state index contributed by atoms with van der Waals surface area (Å²) in [5.41, 5.74) is 6.12. The summed E-state index contributed by atoms with van der Waals surface area (Å²) in [6.07, 6.45) is -0.547. The minimum atomic E-state index is -3.24. The summed E-state index contributed by atoms with van der Waals surface area (Å²) in [6.45, 7) is 0.